The van der Waals surface area contributed by atoms with E-state index < -0.39 is 5.97 Å². The topological polar surface area (TPSA) is 95.5 Å². The highest BCUT2D eigenvalue weighted by molar-refractivity contribution is 5.99. The van der Waals surface area contributed by atoms with Gasteiger partial charge in [-0.05, 0) is 17.2 Å². The minimum Gasteiger partial charge on any atom is -0.480 e. The molecule has 0 aromatic heterocycles. The van der Waals surface area contributed by atoms with Crippen molar-refractivity contribution in [2.75, 3.05) is 11.9 Å². The summed E-state index contributed by atoms with van der Waals surface area (Å²) in [6.45, 7) is -0.385. The van der Waals surface area contributed by atoms with E-state index in [1.807, 2.05) is 0 Å². The Labute approximate surface area is 103 Å². The average Bonchev–Trinajstić information content (AvgIpc) is 2.66. The molecular weight excluding hydrogens is 236 g/mol. The highest BCUT2D eigenvalue weighted by Gasteiger charge is 2.17. The fraction of sp³-hybridized carbons (Fsp3) is 0.250. The van der Waals surface area contributed by atoms with Crippen molar-refractivity contribution in [3.05, 3.63) is 29.3 Å². The minimum absolute atomic E-state index is 0.0579. The Balaban J connectivity index is 1.99. The fourth-order valence-corrected chi connectivity index (χ4v) is 1.81. The zero-order chi connectivity index (χ0) is 13.1. The summed E-state index contributed by atoms with van der Waals surface area (Å²) < 4.78 is 0. The molecule has 0 aliphatic carbocycles. The van der Waals surface area contributed by atoms with Gasteiger partial charge in [-0.25, -0.2) is 0 Å². The van der Waals surface area contributed by atoms with E-state index in [0.29, 0.717) is 6.42 Å². The number of carbonyl (C=O) groups is 3. The van der Waals surface area contributed by atoms with Crippen LogP contribution < -0.4 is 10.6 Å². The first-order valence-electron chi connectivity index (χ1n) is 5.45. The summed E-state index contributed by atoms with van der Waals surface area (Å²) in [5.41, 5.74) is 2.39. The molecule has 1 aromatic carbocycles. The number of carboxylic acids is 1. The number of anilines is 1. The third-order valence-electron chi connectivity index (χ3n) is 2.60. The Bertz CT molecular complexity index is 525. The lowest BCUT2D eigenvalue weighted by molar-refractivity contribution is -0.137. The van der Waals surface area contributed by atoms with Crippen LogP contribution in [0.5, 0.6) is 0 Å². The zero-order valence-corrected chi connectivity index (χ0v) is 9.53. The molecule has 2 amide bonds. The van der Waals surface area contributed by atoms with Gasteiger partial charge in [0.25, 0.3) is 0 Å². The first kappa shape index (κ1) is 12.1. The van der Waals surface area contributed by atoms with Gasteiger partial charge in [0.15, 0.2) is 0 Å². The van der Waals surface area contributed by atoms with Gasteiger partial charge < -0.3 is 15.7 Å². The second-order valence-electron chi connectivity index (χ2n) is 4.06. The van der Waals surface area contributed by atoms with Crippen molar-refractivity contribution >= 4 is 23.5 Å². The monoisotopic (exact) mass is 248 g/mol. The summed E-state index contributed by atoms with van der Waals surface area (Å²) >= 11 is 0. The molecule has 0 fully saturated rings. The van der Waals surface area contributed by atoms with E-state index in [4.69, 9.17) is 5.11 Å². The summed E-state index contributed by atoms with van der Waals surface area (Å²) in [7, 11) is 0. The van der Waals surface area contributed by atoms with Crippen molar-refractivity contribution in [1.82, 2.24) is 5.32 Å². The number of carboxylic acid groups (broad SMARTS) is 1. The molecule has 1 aromatic rings. The van der Waals surface area contributed by atoms with Gasteiger partial charge in [-0.1, -0.05) is 12.1 Å². The van der Waals surface area contributed by atoms with E-state index in [1.54, 1.807) is 18.2 Å². The van der Waals surface area contributed by atoms with Gasteiger partial charge in [0, 0.05) is 5.69 Å². The highest BCUT2D eigenvalue weighted by Crippen LogP contribution is 2.23. The Morgan fingerprint density at radius 3 is 2.89 bits per heavy atom. The molecule has 1 heterocycles. The highest BCUT2D eigenvalue weighted by atomic mass is 16.4. The number of benzene rings is 1. The number of amides is 2. The van der Waals surface area contributed by atoms with Crippen molar-refractivity contribution in [3.63, 3.8) is 0 Å². The van der Waals surface area contributed by atoms with Crippen LogP contribution in [0, 0.1) is 0 Å². The molecule has 6 heteroatoms. The van der Waals surface area contributed by atoms with Crippen LogP contribution in [0.1, 0.15) is 11.1 Å². The Kier molecular flexibility index (Phi) is 3.27. The molecule has 0 atom stereocenters. The number of aliphatic carboxylic acids is 1. The van der Waals surface area contributed by atoms with Crippen molar-refractivity contribution < 1.29 is 19.5 Å². The van der Waals surface area contributed by atoms with Crippen LogP contribution in [0.2, 0.25) is 0 Å². The van der Waals surface area contributed by atoms with Crippen LogP contribution >= 0.6 is 0 Å². The summed E-state index contributed by atoms with van der Waals surface area (Å²) in [5.74, 6) is -1.49. The van der Waals surface area contributed by atoms with Gasteiger partial charge in [0.05, 0.1) is 12.8 Å². The number of hydrogen-bond donors (Lipinski definition) is 3. The summed E-state index contributed by atoms with van der Waals surface area (Å²) in [6.07, 6.45) is 0.425. The summed E-state index contributed by atoms with van der Waals surface area (Å²) in [5, 5.41) is 13.4. The van der Waals surface area contributed by atoms with Gasteiger partial charge >= 0.3 is 5.97 Å². The fourth-order valence-electron chi connectivity index (χ4n) is 1.81. The lowest BCUT2D eigenvalue weighted by Gasteiger charge is -2.04. The number of hydrogen-bond acceptors (Lipinski definition) is 3. The quantitative estimate of drug-likeness (QED) is 0.694. The van der Waals surface area contributed by atoms with Crippen molar-refractivity contribution in [2.45, 2.75) is 12.8 Å². The lowest BCUT2D eigenvalue weighted by Crippen LogP contribution is -2.30. The van der Waals surface area contributed by atoms with Crippen LogP contribution in [0.15, 0.2) is 18.2 Å². The van der Waals surface area contributed by atoms with E-state index in [9.17, 15) is 14.4 Å². The second-order valence-corrected chi connectivity index (χ2v) is 4.06. The zero-order valence-electron chi connectivity index (χ0n) is 9.53. The number of fused-ring (bicyclic) bond motifs is 1. The Morgan fingerprint density at radius 2 is 2.17 bits per heavy atom. The molecule has 1 aliphatic heterocycles. The molecule has 1 aliphatic rings. The standard InChI is InChI=1S/C12H12N2O4/c15-10(13-6-12(17)18)4-7-1-2-9-8(3-7)5-11(16)14-9/h1-3H,4-6H2,(H,13,15)(H,14,16)(H,17,18). The number of rotatable bonds is 4. The molecule has 18 heavy (non-hydrogen) atoms. The van der Waals surface area contributed by atoms with Crippen LogP contribution in [0.3, 0.4) is 0 Å². The van der Waals surface area contributed by atoms with Crippen molar-refractivity contribution in [1.29, 1.82) is 0 Å². The third kappa shape index (κ3) is 2.85. The van der Waals surface area contributed by atoms with Crippen molar-refractivity contribution in [3.8, 4) is 0 Å². The molecule has 3 N–H and O–H groups in total. The minimum atomic E-state index is -1.08. The van der Waals surface area contributed by atoms with Crippen molar-refractivity contribution in [2.24, 2.45) is 0 Å². The third-order valence-corrected chi connectivity index (χ3v) is 2.60. The van der Waals surface area contributed by atoms with Crippen LogP contribution in [0.4, 0.5) is 5.69 Å². The van der Waals surface area contributed by atoms with E-state index >= 15 is 0 Å². The maximum Gasteiger partial charge on any atom is 0.322 e. The number of carbonyl (C=O) groups excluding carboxylic acids is 2. The van der Waals surface area contributed by atoms with Gasteiger partial charge in [-0.2, -0.15) is 0 Å². The largest absolute Gasteiger partial charge is 0.480 e. The molecular formula is C12H12N2O4. The van der Waals surface area contributed by atoms with E-state index in [1.165, 1.54) is 0 Å². The average molecular weight is 248 g/mol. The van der Waals surface area contributed by atoms with E-state index in [0.717, 1.165) is 16.8 Å². The van der Waals surface area contributed by atoms with Gasteiger partial charge in [-0.3, -0.25) is 14.4 Å². The number of nitrogens with one attached hydrogen (secondary N) is 2. The predicted octanol–water partition coefficient (Wildman–Crippen LogP) is -0.0755. The summed E-state index contributed by atoms with van der Waals surface area (Å²) in [4.78, 5) is 32.9. The molecule has 0 bridgehead atoms. The molecule has 6 nitrogen and oxygen atoms in total. The van der Waals surface area contributed by atoms with Gasteiger partial charge in [0.2, 0.25) is 11.8 Å². The van der Waals surface area contributed by atoms with E-state index in [-0.39, 0.29) is 24.8 Å². The molecule has 0 spiro atoms. The van der Waals surface area contributed by atoms with Gasteiger partial charge in [0.1, 0.15) is 6.54 Å². The smallest absolute Gasteiger partial charge is 0.322 e. The molecule has 0 unspecified atom stereocenters. The van der Waals surface area contributed by atoms with Crippen LogP contribution in [-0.4, -0.2) is 29.4 Å². The Morgan fingerprint density at radius 1 is 1.39 bits per heavy atom. The SMILES string of the molecule is O=C(O)CNC(=O)Cc1ccc2c(c1)CC(=O)N2. The molecule has 94 valence electrons. The maximum atomic E-state index is 11.4. The predicted molar refractivity (Wildman–Crippen MR) is 63.1 cm³/mol. The second kappa shape index (κ2) is 4.87. The first-order chi connectivity index (χ1) is 8.54. The van der Waals surface area contributed by atoms with Crippen LogP contribution in [-0.2, 0) is 27.2 Å². The maximum absolute atomic E-state index is 11.4. The van der Waals surface area contributed by atoms with Gasteiger partial charge in [-0.15, -0.1) is 0 Å². The normalized spacial score (nSPS) is 12.8. The Hall–Kier alpha value is -2.37. The molecule has 2 rings (SSSR count). The van der Waals surface area contributed by atoms with Crippen LogP contribution in [0.25, 0.3) is 0 Å². The van der Waals surface area contributed by atoms with E-state index in [2.05, 4.69) is 10.6 Å². The molecule has 0 radical (unpaired) electrons. The lowest BCUT2D eigenvalue weighted by atomic mass is 10.1. The summed E-state index contributed by atoms with van der Waals surface area (Å²) in [6, 6.07) is 5.28. The molecule has 0 saturated carbocycles. The first-order valence-corrected chi connectivity index (χ1v) is 5.45. The molecule has 0 saturated heterocycles.